The van der Waals surface area contributed by atoms with Gasteiger partial charge in [-0.2, -0.15) is 0 Å². The average molecular weight is 184 g/mol. The summed E-state index contributed by atoms with van der Waals surface area (Å²) in [4.78, 5) is 1.10. The van der Waals surface area contributed by atoms with E-state index >= 15 is 0 Å². The van der Waals surface area contributed by atoms with Crippen LogP contribution in [0.2, 0.25) is 0 Å². The summed E-state index contributed by atoms with van der Waals surface area (Å²) >= 11 is 1.59. The second-order valence-corrected chi connectivity index (χ2v) is 3.21. The van der Waals surface area contributed by atoms with Crippen molar-refractivity contribution in [1.82, 2.24) is 5.43 Å². The molecule has 1 aromatic heterocycles. The number of hydrazine groups is 1. The van der Waals surface area contributed by atoms with Crippen LogP contribution < -0.4 is 16.0 Å². The van der Waals surface area contributed by atoms with Gasteiger partial charge in [0.2, 0.25) is 0 Å². The summed E-state index contributed by atoms with van der Waals surface area (Å²) in [5.41, 5.74) is 2.64. The van der Waals surface area contributed by atoms with E-state index in [1.165, 1.54) is 0 Å². The first-order valence-electron chi connectivity index (χ1n) is 3.53. The van der Waals surface area contributed by atoms with Gasteiger partial charge in [-0.15, -0.1) is 17.9 Å². The van der Waals surface area contributed by atoms with Crippen molar-refractivity contribution < 1.29 is 4.74 Å². The molecule has 0 amide bonds. The van der Waals surface area contributed by atoms with Crippen LogP contribution in [0.15, 0.2) is 24.1 Å². The SMILES string of the molecule is C=CC(NN)c1cc(OC)cs1. The molecule has 0 fully saturated rings. The van der Waals surface area contributed by atoms with Crippen LogP contribution in [-0.4, -0.2) is 7.11 Å². The third-order valence-corrected chi connectivity index (χ3v) is 2.55. The lowest BCUT2D eigenvalue weighted by molar-refractivity contribution is 0.416. The van der Waals surface area contributed by atoms with Gasteiger partial charge in [-0.25, -0.2) is 5.43 Å². The molecule has 3 nitrogen and oxygen atoms in total. The smallest absolute Gasteiger partial charge is 0.129 e. The van der Waals surface area contributed by atoms with Crippen LogP contribution in [0.5, 0.6) is 5.75 Å². The Hall–Kier alpha value is -0.840. The van der Waals surface area contributed by atoms with E-state index in [2.05, 4.69) is 12.0 Å². The van der Waals surface area contributed by atoms with Gasteiger partial charge in [-0.1, -0.05) is 6.08 Å². The summed E-state index contributed by atoms with van der Waals surface area (Å²) < 4.78 is 5.04. The van der Waals surface area contributed by atoms with Crippen LogP contribution in [-0.2, 0) is 0 Å². The van der Waals surface area contributed by atoms with Crippen LogP contribution in [0.3, 0.4) is 0 Å². The lowest BCUT2D eigenvalue weighted by Gasteiger charge is -2.06. The number of methoxy groups -OCH3 is 1. The Bertz CT molecular complexity index is 259. The van der Waals surface area contributed by atoms with E-state index in [0.717, 1.165) is 10.6 Å². The topological polar surface area (TPSA) is 47.3 Å². The van der Waals surface area contributed by atoms with Crippen molar-refractivity contribution >= 4 is 11.3 Å². The quantitative estimate of drug-likeness (QED) is 0.423. The maximum absolute atomic E-state index is 5.31. The third-order valence-electron chi connectivity index (χ3n) is 1.55. The van der Waals surface area contributed by atoms with E-state index in [-0.39, 0.29) is 6.04 Å². The largest absolute Gasteiger partial charge is 0.496 e. The molecule has 0 saturated heterocycles. The highest BCUT2D eigenvalue weighted by Gasteiger charge is 2.07. The second-order valence-electron chi connectivity index (χ2n) is 2.27. The normalized spacial score (nSPS) is 12.5. The highest BCUT2D eigenvalue weighted by molar-refractivity contribution is 7.10. The van der Waals surface area contributed by atoms with Crippen molar-refractivity contribution in [3.8, 4) is 5.75 Å². The predicted octanol–water partition coefficient (Wildman–Crippen LogP) is 1.45. The maximum Gasteiger partial charge on any atom is 0.129 e. The lowest BCUT2D eigenvalue weighted by Crippen LogP contribution is -2.25. The molecule has 0 aliphatic rings. The molecule has 1 rings (SSSR count). The lowest BCUT2D eigenvalue weighted by atomic mass is 10.2. The zero-order chi connectivity index (χ0) is 8.97. The number of nitrogens with two attached hydrogens (primary N) is 1. The van der Waals surface area contributed by atoms with Gasteiger partial charge in [-0.05, 0) is 6.07 Å². The van der Waals surface area contributed by atoms with Gasteiger partial charge in [0, 0.05) is 10.3 Å². The van der Waals surface area contributed by atoms with Crippen LogP contribution in [0.1, 0.15) is 10.9 Å². The van der Waals surface area contributed by atoms with Crippen molar-refractivity contribution in [2.45, 2.75) is 6.04 Å². The Morgan fingerprint density at radius 1 is 1.83 bits per heavy atom. The van der Waals surface area contributed by atoms with E-state index in [4.69, 9.17) is 10.6 Å². The first-order valence-corrected chi connectivity index (χ1v) is 4.41. The van der Waals surface area contributed by atoms with Crippen LogP contribution >= 0.6 is 11.3 Å². The fourth-order valence-corrected chi connectivity index (χ4v) is 1.78. The molecule has 0 radical (unpaired) electrons. The Morgan fingerprint density at radius 3 is 3.00 bits per heavy atom. The maximum atomic E-state index is 5.31. The second kappa shape index (κ2) is 4.25. The molecular formula is C8H12N2OS. The Kier molecular flexibility index (Phi) is 3.28. The first-order chi connectivity index (χ1) is 5.81. The zero-order valence-corrected chi connectivity index (χ0v) is 7.73. The van der Waals surface area contributed by atoms with Gasteiger partial charge in [-0.3, -0.25) is 5.84 Å². The minimum atomic E-state index is 0.0129. The monoisotopic (exact) mass is 184 g/mol. The van der Waals surface area contributed by atoms with Crippen molar-refractivity contribution in [1.29, 1.82) is 0 Å². The van der Waals surface area contributed by atoms with Gasteiger partial charge < -0.3 is 4.74 Å². The molecule has 1 heterocycles. The van der Waals surface area contributed by atoms with E-state index in [1.54, 1.807) is 24.5 Å². The number of rotatable bonds is 4. The summed E-state index contributed by atoms with van der Waals surface area (Å²) in [5.74, 6) is 6.17. The Labute approximate surface area is 75.8 Å². The van der Waals surface area contributed by atoms with Gasteiger partial charge >= 0.3 is 0 Å². The summed E-state index contributed by atoms with van der Waals surface area (Å²) in [5, 5.41) is 1.93. The van der Waals surface area contributed by atoms with E-state index in [1.807, 2.05) is 11.4 Å². The third kappa shape index (κ3) is 1.85. The number of thiophene rings is 1. The Balaban J connectivity index is 2.79. The van der Waals surface area contributed by atoms with Gasteiger partial charge in [0.1, 0.15) is 5.75 Å². The molecule has 3 N–H and O–H groups in total. The van der Waals surface area contributed by atoms with E-state index in [9.17, 15) is 0 Å². The molecule has 0 aromatic carbocycles. The standard InChI is InChI=1S/C8H12N2OS/c1-3-7(10-9)8-4-6(11-2)5-12-8/h3-5,7,10H,1,9H2,2H3. The molecule has 1 aromatic rings. The molecular weight excluding hydrogens is 172 g/mol. The highest BCUT2D eigenvalue weighted by Crippen LogP contribution is 2.26. The van der Waals surface area contributed by atoms with E-state index < -0.39 is 0 Å². The molecule has 0 spiro atoms. The average Bonchev–Trinajstić information content (AvgIpc) is 2.55. The van der Waals surface area contributed by atoms with E-state index in [0.29, 0.717) is 0 Å². The number of hydrogen-bond acceptors (Lipinski definition) is 4. The van der Waals surface area contributed by atoms with Crippen LogP contribution in [0, 0.1) is 0 Å². The molecule has 0 saturated carbocycles. The van der Waals surface area contributed by atoms with Crippen LogP contribution in [0.4, 0.5) is 0 Å². The summed E-state index contributed by atoms with van der Waals surface area (Å²) in [6.45, 7) is 3.67. The first kappa shape index (κ1) is 9.25. The molecule has 66 valence electrons. The van der Waals surface area contributed by atoms with Crippen molar-refractivity contribution in [2.75, 3.05) is 7.11 Å². The minimum absolute atomic E-state index is 0.0129. The Morgan fingerprint density at radius 2 is 2.58 bits per heavy atom. The summed E-state index contributed by atoms with van der Waals surface area (Å²) in [7, 11) is 1.64. The molecule has 12 heavy (non-hydrogen) atoms. The van der Waals surface area contributed by atoms with Crippen molar-refractivity contribution in [3.63, 3.8) is 0 Å². The summed E-state index contributed by atoms with van der Waals surface area (Å²) in [6.07, 6.45) is 1.76. The fourth-order valence-electron chi connectivity index (χ4n) is 0.871. The number of nitrogens with one attached hydrogen (secondary N) is 1. The van der Waals surface area contributed by atoms with Gasteiger partial charge in [0.05, 0.1) is 13.2 Å². The molecule has 1 unspecified atom stereocenters. The van der Waals surface area contributed by atoms with Gasteiger partial charge in [0.15, 0.2) is 0 Å². The number of ether oxygens (including phenoxy) is 1. The zero-order valence-electron chi connectivity index (χ0n) is 6.91. The molecule has 4 heteroatoms. The molecule has 1 atom stereocenters. The minimum Gasteiger partial charge on any atom is -0.496 e. The fraction of sp³-hybridized carbons (Fsp3) is 0.250. The van der Waals surface area contributed by atoms with Crippen LogP contribution in [0.25, 0.3) is 0 Å². The van der Waals surface area contributed by atoms with Gasteiger partial charge in [0.25, 0.3) is 0 Å². The number of hydrogen-bond donors (Lipinski definition) is 2. The van der Waals surface area contributed by atoms with Crippen molar-refractivity contribution in [2.24, 2.45) is 5.84 Å². The molecule has 0 bridgehead atoms. The predicted molar refractivity (Wildman–Crippen MR) is 51.1 cm³/mol. The molecule has 0 aliphatic carbocycles. The van der Waals surface area contributed by atoms with Crippen molar-refractivity contribution in [3.05, 3.63) is 29.0 Å². The highest BCUT2D eigenvalue weighted by atomic mass is 32.1. The molecule has 0 aliphatic heterocycles. The summed E-state index contributed by atoms with van der Waals surface area (Å²) in [6, 6.07) is 1.95.